The average molecular weight is 241 g/mol. The number of nitrogens with zero attached hydrogens (tertiary/aromatic N) is 1. The van der Waals surface area contributed by atoms with Gasteiger partial charge in [-0.05, 0) is 26.7 Å². The van der Waals surface area contributed by atoms with Crippen molar-refractivity contribution in [2.24, 2.45) is 5.92 Å². The lowest BCUT2D eigenvalue weighted by molar-refractivity contribution is -0.145. The van der Waals surface area contributed by atoms with Gasteiger partial charge in [-0.1, -0.05) is 12.7 Å². The van der Waals surface area contributed by atoms with Crippen molar-refractivity contribution in [3.05, 3.63) is 12.7 Å². The molecule has 5 nitrogen and oxygen atoms in total. The molecule has 5 heteroatoms. The van der Waals surface area contributed by atoms with Gasteiger partial charge in [0.2, 0.25) is 0 Å². The van der Waals surface area contributed by atoms with Crippen molar-refractivity contribution in [3.63, 3.8) is 0 Å². The quantitative estimate of drug-likeness (QED) is 0.766. The monoisotopic (exact) mass is 241 g/mol. The summed E-state index contributed by atoms with van der Waals surface area (Å²) >= 11 is 0. The molecule has 0 radical (unpaired) electrons. The van der Waals surface area contributed by atoms with Crippen molar-refractivity contribution in [1.29, 1.82) is 0 Å². The average Bonchev–Trinajstić information content (AvgIpc) is 2.25. The molecule has 17 heavy (non-hydrogen) atoms. The van der Waals surface area contributed by atoms with Gasteiger partial charge < -0.3 is 14.7 Å². The Balaban J connectivity index is 2.75. The first-order valence-electron chi connectivity index (χ1n) is 5.77. The molecule has 0 spiro atoms. The van der Waals surface area contributed by atoms with Crippen LogP contribution in [0.1, 0.15) is 26.7 Å². The summed E-state index contributed by atoms with van der Waals surface area (Å²) in [4.78, 5) is 24.4. The number of likely N-dealkylation sites (tertiary alicyclic amines) is 1. The predicted octanol–water partition coefficient (Wildman–Crippen LogP) is 1.88. The second kappa shape index (κ2) is 5.70. The Kier molecular flexibility index (Phi) is 4.54. The van der Waals surface area contributed by atoms with Crippen LogP contribution >= 0.6 is 0 Å². The summed E-state index contributed by atoms with van der Waals surface area (Å²) in [5.41, 5.74) is 0. The lowest BCUT2D eigenvalue weighted by Crippen LogP contribution is -2.53. The number of ether oxygens (including phenoxy) is 1. The Labute approximate surface area is 101 Å². The molecule has 1 fully saturated rings. The molecule has 0 aromatic rings. The molecule has 96 valence electrons. The smallest absolute Gasteiger partial charge is 0.410 e. The van der Waals surface area contributed by atoms with E-state index in [1.165, 1.54) is 11.0 Å². The Bertz CT molecular complexity index is 316. The van der Waals surface area contributed by atoms with Gasteiger partial charge in [-0.3, -0.25) is 4.79 Å². The zero-order chi connectivity index (χ0) is 13.0. The van der Waals surface area contributed by atoms with Crippen molar-refractivity contribution in [2.75, 3.05) is 6.61 Å². The summed E-state index contributed by atoms with van der Waals surface area (Å²) in [6, 6.07) is -0.327. The third kappa shape index (κ3) is 2.99. The molecule has 1 saturated heterocycles. The molecule has 3 atom stereocenters. The number of rotatable bonds is 3. The molecule has 1 heterocycles. The SMILES string of the molecule is C=CCOC(=O)N1[C@H](C)CC[C@H](C(=O)O)[C@@H]1C. The lowest BCUT2D eigenvalue weighted by atomic mass is 9.87. The molecule has 0 unspecified atom stereocenters. The van der Waals surface area contributed by atoms with Crippen LogP contribution in [-0.2, 0) is 9.53 Å². The first-order chi connectivity index (χ1) is 7.99. The minimum absolute atomic E-state index is 0.0120. The van der Waals surface area contributed by atoms with E-state index in [1.807, 2.05) is 6.92 Å². The van der Waals surface area contributed by atoms with Crippen LogP contribution in [0, 0.1) is 5.92 Å². The Hall–Kier alpha value is -1.52. The molecule has 0 aliphatic carbocycles. The van der Waals surface area contributed by atoms with Gasteiger partial charge in [0.15, 0.2) is 0 Å². The van der Waals surface area contributed by atoms with E-state index in [2.05, 4.69) is 6.58 Å². The van der Waals surface area contributed by atoms with Crippen LogP contribution in [0.2, 0.25) is 0 Å². The number of piperidine rings is 1. The zero-order valence-electron chi connectivity index (χ0n) is 10.3. The van der Waals surface area contributed by atoms with Gasteiger partial charge in [-0.2, -0.15) is 0 Å². The zero-order valence-corrected chi connectivity index (χ0v) is 10.3. The standard InChI is InChI=1S/C12H19NO4/c1-4-7-17-12(16)13-8(2)5-6-10(9(13)3)11(14)15/h4,8-10H,1,5-7H2,2-3H3,(H,14,15)/t8-,9+,10+/m1/s1. The number of carbonyl (C=O) groups excluding carboxylic acids is 1. The first kappa shape index (κ1) is 13.5. The van der Waals surface area contributed by atoms with Crippen molar-refractivity contribution in [2.45, 2.75) is 38.8 Å². The van der Waals surface area contributed by atoms with Crippen LogP contribution in [-0.4, -0.2) is 40.8 Å². The Morgan fingerprint density at radius 3 is 2.65 bits per heavy atom. The highest BCUT2D eigenvalue weighted by Crippen LogP contribution is 2.28. The Morgan fingerprint density at radius 2 is 2.12 bits per heavy atom. The third-order valence-corrected chi connectivity index (χ3v) is 3.24. The number of carboxylic acids is 1. The number of aliphatic carboxylic acids is 1. The van der Waals surface area contributed by atoms with E-state index in [0.717, 1.165) is 0 Å². The molecular weight excluding hydrogens is 222 g/mol. The number of hydrogen-bond acceptors (Lipinski definition) is 3. The normalized spacial score (nSPS) is 28.6. The van der Waals surface area contributed by atoms with Crippen molar-refractivity contribution in [3.8, 4) is 0 Å². The first-order valence-corrected chi connectivity index (χ1v) is 5.77. The minimum Gasteiger partial charge on any atom is -0.481 e. The van der Waals surface area contributed by atoms with E-state index in [4.69, 9.17) is 9.84 Å². The fourth-order valence-electron chi connectivity index (χ4n) is 2.28. The second-order valence-electron chi connectivity index (χ2n) is 4.38. The van der Waals surface area contributed by atoms with Gasteiger partial charge in [0.05, 0.1) is 5.92 Å². The minimum atomic E-state index is -0.856. The van der Waals surface area contributed by atoms with Crippen LogP contribution in [0.3, 0.4) is 0 Å². The molecule has 1 N–H and O–H groups in total. The summed E-state index contributed by atoms with van der Waals surface area (Å²) < 4.78 is 4.98. The maximum Gasteiger partial charge on any atom is 0.410 e. The molecular formula is C12H19NO4. The summed E-state index contributed by atoms with van der Waals surface area (Å²) in [6.45, 7) is 7.27. The summed E-state index contributed by atoms with van der Waals surface area (Å²) in [7, 11) is 0. The molecule has 0 saturated carbocycles. The van der Waals surface area contributed by atoms with Crippen molar-refractivity contribution < 1.29 is 19.4 Å². The molecule has 0 aromatic carbocycles. The molecule has 0 aromatic heterocycles. The molecule has 1 rings (SSSR count). The van der Waals surface area contributed by atoms with Crippen LogP contribution in [0.4, 0.5) is 4.79 Å². The highest BCUT2D eigenvalue weighted by Gasteiger charge is 2.39. The van der Waals surface area contributed by atoms with Gasteiger partial charge in [0.1, 0.15) is 6.61 Å². The highest BCUT2D eigenvalue weighted by molar-refractivity contribution is 5.74. The number of hydrogen-bond donors (Lipinski definition) is 1. The number of carbonyl (C=O) groups is 2. The van der Waals surface area contributed by atoms with Gasteiger partial charge in [-0.25, -0.2) is 4.79 Å². The number of amides is 1. The highest BCUT2D eigenvalue weighted by atomic mass is 16.6. The maximum absolute atomic E-state index is 11.8. The van der Waals surface area contributed by atoms with Crippen molar-refractivity contribution >= 4 is 12.1 Å². The molecule has 1 aliphatic heterocycles. The van der Waals surface area contributed by atoms with Crippen LogP contribution in [0.5, 0.6) is 0 Å². The van der Waals surface area contributed by atoms with Gasteiger partial charge in [-0.15, -0.1) is 0 Å². The number of carboxylic acid groups (broad SMARTS) is 1. The van der Waals surface area contributed by atoms with E-state index in [0.29, 0.717) is 12.8 Å². The summed E-state index contributed by atoms with van der Waals surface area (Å²) in [5.74, 6) is -1.37. The van der Waals surface area contributed by atoms with Gasteiger partial charge in [0.25, 0.3) is 0 Å². The van der Waals surface area contributed by atoms with Crippen LogP contribution in [0.15, 0.2) is 12.7 Å². The van der Waals surface area contributed by atoms with E-state index < -0.39 is 18.0 Å². The maximum atomic E-state index is 11.8. The summed E-state index contributed by atoms with van der Waals surface area (Å²) in [6.07, 6.45) is 2.31. The molecule has 0 bridgehead atoms. The van der Waals surface area contributed by atoms with E-state index in [9.17, 15) is 9.59 Å². The second-order valence-corrected chi connectivity index (χ2v) is 4.38. The van der Waals surface area contributed by atoms with E-state index >= 15 is 0 Å². The predicted molar refractivity (Wildman–Crippen MR) is 62.7 cm³/mol. The molecule has 1 amide bonds. The molecule has 1 aliphatic rings. The van der Waals surface area contributed by atoms with Crippen LogP contribution < -0.4 is 0 Å². The Morgan fingerprint density at radius 1 is 1.47 bits per heavy atom. The van der Waals surface area contributed by atoms with Crippen molar-refractivity contribution in [1.82, 2.24) is 4.90 Å². The fraction of sp³-hybridized carbons (Fsp3) is 0.667. The fourth-order valence-corrected chi connectivity index (χ4v) is 2.28. The third-order valence-electron chi connectivity index (χ3n) is 3.24. The lowest BCUT2D eigenvalue weighted by Gasteiger charge is -2.41. The van der Waals surface area contributed by atoms with Crippen LogP contribution in [0.25, 0.3) is 0 Å². The summed E-state index contributed by atoms with van der Waals surface area (Å²) in [5, 5.41) is 9.08. The topological polar surface area (TPSA) is 66.8 Å². The van der Waals surface area contributed by atoms with E-state index in [-0.39, 0.29) is 18.7 Å². The van der Waals surface area contributed by atoms with Gasteiger partial charge in [0, 0.05) is 12.1 Å². The van der Waals surface area contributed by atoms with E-state index in [1.54, 1.807) is 6.92 Å². The largest absolute Gasteiger partial charge is 0.481 e. The van der Waals surface area contributed by atoms with Gasteiger partial charge >= 0.3 is 12.1 Å².